The third kappa shape index (κ3) is 4.99. The molecule has 0 radical (unpaired) electrons. The second-order valence-corrected chi connectivity index (χ2v) is 4.90. The van der Waals surface area contributed by atoms with E-state index in [2.05, 4.69) is 5.92 Å². The molecule has 2 rings (SSSR count). The molecule has 0 aliphatic heterocycles. The second-order valence-electron chi connectivity index (χ2n) is 4.90. The van der Waals surface area contributed by atoms with Crippen LogP contribution in [-0.4, -0.2) is 24.1 Å². The highest BCUT2D eigenvalue weighted by Crippen LogP contribution is 2.08. The fourth-order valence-corrected chi connectivity index (χ4v) is 2.14. The van der Waals surface area contributed by atoms with Gasteiger partial charge < -0.3 is 9.64 Å². The zero-order valence-corrected chi connectivity index (χ0v) is 12.4. The van der Waals surface area contributed by atoms with E-state index >= 15 is 0 Å². The first-order valence-corrected chi connectivity index (χ1v) is 7.22. The number of hydrogen-bond acceptors (Lipinski definition) is 2. The van der Waals surface area contributed by atoms with Crippen molar-refractivity contribution in [3.63, 3.8) is 0 Å². The molecule has 0 atom stereocenters. The van der Waals surface area contributed by atoms with Gasteiger partial charge in [-0.15, -0.1) is 6.42 Å². The summed E-state index contributed by atoms with van der Waals surface area (Å²) in [6.45, 7) is 1.09. The number of nitrogens with zero attached hydrogens (tertiary/aromatic N) is 1. The van der Waals surface area contributed by atoms with Gasteiger partial charge in [0.05, 0.1) is 0 Å². The lowest BCUT2D eigenvalue weighted by Crippen LogP contribution is -2.33. The molecule has 0 aliphatic carbocycles. The van der Waals surface area contributed by atoms with Crippen LogP contribution in [0.1, 0.15) is 11.1 Å². The largest absolute Gasteiger partial charge is 0.436 e. The van der Waals surface area contributed by atoms with Crippen LogP contribution in [0.2, 0.25) is 0 Å². The van der Waals surface area contributed by atoms with Gasteiger partial charge in [-0.05, 0) is 17.5 Å². The maximum atomic E-state index is 12.1. The van der Waals surface area contributed by atoms with Crippen molar-refractivity contribution in [1.82, 2.24) is 4.90 Å². The van der Waals surface area contributed by atoms with E-state index < -0.39 is 0 Å². The Labute approximate surface area is 131 Å². The first-order valence-electron chi connectivity index (χ1n) is 7.22. The Morgan fingerprint density at radius 1 is 1.00 bits per heavy atom. The number of carbonyl (C=O) groups is 1. The fraction of sp³-hybridized carbons (Fsp3) is 0.211. The van der Waals surface area contributed by atoms with E-state index in [1.807, 2.05) is 60.7 Å². The molecule has 0 saturated carbocycles. The average Bonchev–Trinajstić information content (AvgIpc) is 2.58. The van der Waals surface area contributed by atoms with Crippen LogP contribution in [0.3, 0.4) is 0 Å². The van der Waals surface area contributed by atoms with Gasteiger partial charge in [-0.1, -0.05) is 66.6 Å². The highest BCUT2D eigenvalue weighted by Gasteiger charge is 2.15. The molecule has 0 N–H and O–H groups in total. The number of carbonyl (C=O) groups excluding carboxylic acids is 1. The van der Waals surface area contributed by atoms with Crippen molar-refractivity contribution in [2.75, 3.05) is 13.2 Å². The standard InChI is InChI=1S/C19H19NO2/c1-2-15-22-19(21)20(16-18-11-7-4-8-12-18)14-13-17-9-5-3-6-10-17/h1,3-12H,13-16H2. The number of terminal acetylenes is 1. The molecule has 2 aromatic carbocycles. The van der Waals surface area contributed by atoms with Crippen LogP contribution in [0.5, 0.6) is 0 Å². The average molecular weight is 293 g/mol. The minimum atomic E-state index is -0.377. The van der Waals surface area contributed by atoms with Gasteiger partial charge in [-0.3, -0.25) is 0 Å². The summed E-state index contributed by atoms with van der Waals surface area (Å²) in [6, 6.07) is 19.9. The Kier molecular flexibility index (Phi) is 6.07. The summed E-state index contributed by atoms with van der Waals surface area (Å²) in [5, 5.41) is 0. The third-order valence-electron chi connectivity index (χ3n) is 3.27. The van der Waals surface area contributed by atoms with E-state index in [0.717, 1.165) is 12.0 Å². The van der Waals surface area contributed by atoms with Crippen molar-refractivity contribution < 1.29 is 9.53 Å². The quantitative estimate of drug-likeness (QED) is 0.763. The zero-order chi connectivity index (χ0) is 15.6. The molecule has 0 aromatic heterocycles. The molecule has 112 valence electrons. The van der Waals surface area contributed by atoms with Crippen LogP contribution in [0.25, 0.3) is 0 Å². The van der Waals surface area contributed by atoms with Crippen LogP contribution in [0.15, 0.2) is 60.7 Å². The molecule has 1 amide bonds. The Morgan fingerprint density at radius 3 is 2.18 bits per heavy atom. The third-order valence-corrected chi connectivity index (χ3v) is 3.27. The summed E-state index contributed by atoms with van der Waals surface area (Å²) in [5.74, 6) is 2.32. The summed E-state index contributed by atoms with van der Waals surface area (Å²) < 4.78 is 5.06. The number of amides is 1. The molecule has 0 fully saturated rings. The number of hydrogen-bond donors (Lipinski definition) is 0. The van der Waals surface area contributed by atoms with Crippen LogP contribution in [0.4, 0.5) is 4.79 Å². The highest BCUT2D eigenvalue weighted by molar-refractivity contribution is 5.67. The summed E-state index contributed by atoms with van der Waals surface area (Å²) in [7, 11) is 0. The number of ether oxygens (including phenoxy) is 1. The number of rotatable bonds is 6. The molecule has 2 aromatic rings. The lowest BCUT2D eigenvalue weighted by molar-refractivity contribution is 0.111. The molecule has 3 nitrogen and oxygen atoms in total. The molecule has 0 aliphatic rings. The van der Waals surface area contributed by atoms with Crippen LogP contribution < -0.4 is 0 Å². The SMILES string of the molecule is C#CCOC(=O)N(CCc1ccccc1)Cc1ccccc1. The predicted molar refractivity (Wildman–Crippen MR) is 87.2 cm³/mol. The molecule has 0 heterocycles. The van der Waals surface area contributed by atoms with Gasteiger partial charge in [0.1, 0.15) is 0 Å². The Balaban J connectivity index is 2.01. The summed E-state index contributed by atoms with van der Waals surface area (Å²) in [5.41, 5.74) is 2.25. The minimum absolute atomic E-state index is 0.00450. The highest BCUT2D eigenvalue weighted by atomic mass is 16.6. The van der Waals surface area contributed by atoms with E-state index in [4.69, 9.17) is 11.2 Å². The van der Waals surface area contributed by atoms with Gasteiger partial charge in [0, 0.05) is 13.1 Å². The van der Waals surface area contributed by atoms with Gasteiger partial charge >= 0.3 is 6.09 Å². The van der Waals surface area contributed by atoms with Crippen molar-refractivity contribution in [1.29, 1.82) is 0 Å². The molecule has 22 heavy (non-hydrogen) atoms. The van der Waals surface area contributed by atoms with E-state index in [-0.39, 0.29) is 12.7 Å². The molecule has 0 spiro atoms. The first-order chi connectivity index (χ1) is 10.8. The van der Waals surface area contributed by atoms with E-state index in [9.17, 15) is 4.79 Å². The maximum absolute atomic E-state index is 12.1. The Bertz CT molecular complexity index is 617. The molecule has 0 bridgehead atoms. The lowest BCUT2D eigenvalue weighted by atomic mass is 10.1. The van der Waals surface area contributed by atoms with Crippen molar-refractivity contribution in [2.45, 2.75) is 13.0 Å². The van der Waals surface area contributed by atoms with Crippen molar-refractivity contribution in [3.05, 3.63) is 71.8 Å². The van der Waals surface area contributed by atoms with Crippen LogP contribution >= 0.6 is 0 Å². The Morgan fingerprint density at radius 2 is 1.59 bits per heavy atom. The fourth-order valence-electron chi connectivity index (χ4n) is 2.14. The molecular formula is C19H19NO2. The topological polar surface area (TPSA) is 29.5 Å². The second kappa shape index (κ2) is 8.53. The molecule has 0 saturated heterocycles. The summed E-state index contributed by atoms with van der Waals surface area (Å²) in [4.78, 5) is 13.8. The van der Waals surface area contributed by atoms with Crippen molar-refractivity contribution in [3.8, 4) is 12.3 Å². The molecule has 3 heteroatoms. The lowest BCUT2D eigenvalue weighted by Gasteiger charge is -2.22. The smallest absolute Gasteiger partial charge is 0.411 e. The summed E-state index contributed by atoms with van der Waals surface area (Å²) in [6.07, 6.45) is 5.55. The Hall–Kier alpha value is -2.73. The van der Waals surface area contributed by atoms with Gasteiger partial charge in [0.25, 0.3) is 0 Å². The van der Waals surface area contributed by atoms with Gasteiger partial charge in [0.2, 0.25) is 0 Å². The van der Waals surface area contributed by atoms with E-state index in [1.165, 1.54) is 5.56 Å². The normalized spacial score (nSPS) is 9.77. The van der Waals surface area contributed by atoms with Crippen molar-refractivity contribution in [2.24, 2.45) is 0 Å². The van der Waals surface area contributed by atoms with Crippen LogP contribution in [-0.2, 0) is 17.7 Å². The van der Waals surface area contributed by atoms with Gasteiger partial charge in [-0.2, -0.15) is 0 Å². The van der Waals surface area contributed by atoms with E-state index in [0.29, 0.717) is 13.1 Å². The van der Waals surface area contributed by atoms with Gasteiger partial charge in [-0.25, -0.2) is 4.79 Å². The van der Waals surface area contributed by atoms with Gasteiger partial charge in [0.15, 0.2) is 6.61 Å². The molecular weight excluding hydrogens is 274 g/mol. The zero-order valence-electron chi connectivity index (χ0n) is 12.4. The monoisotopic (exact) mass is 293 g/mol. The number of benzene rings is 2. The van der Waals surface area contributed by atoms with Crippen molar-refractivity contribution >= 4 is 6.09 Å². The summed E-state index contributed by atoms with van der Waals surface area (Å²) >= 11 is 0. The maximum Gasteiger partial charge on any atom is 0.411 e. The predicted octanol–water partition coefficient (Wildman–Crippen LogP) is 3.50. The first kappa shape index (κ1) is 15.7. The van der Waals surface area contributed by atoms with Crippen LogP contribution in [0, 0.1) is 12.3 Å². The van der Waals surface area contributed by atoms with E-state index in [1.54, 1.807) is 4.90 Å². The minimum Gasteiger partial charge on any atom is -0.436 e. The molecule has 0 unspecified atom stereocenters.